The van der Waals surface area contributed by atoms with E-state index in [0.29, 0.717) is 54.9 Å². The Labute approximate surface area is 178 Å². The molecule has 1 amide bonds. The van der Waals surface area contributed by atoms with Crippen LogP contribution in [0.1, 0.15) is 23.7 Å². The lowest BCUT2D eigenvalue weighted by molar-refractivity contribution is -0.131. The topological polar surface area (TPSA) is 75.5 Å². The standard InChI is InChI=1S/C23H23FN4O3/c1-16(29)17-6-7-21(19(24)14-17)26-10-12-27(13-11-26)23(31)8-9-28-20-5-3-2-4-18(20)22(30)15-25-28/h2-7,14-15H,8-13H2,1H3. The normalized spacial score (nSPS) is 14.1. The van der Waals surface area contributed by atoms with Gasteiger partial charge in [0.1, 0.15) is 5.82 Å². The van der Waals surface area contributed by atoms with Crippen LogP contribution in [0.2, 0.25) is 0 Å². The molecular weight excluding hydrogens is 399 g/mol. The lowest BCUT2D eigenvalue weighted by Crippen LogP contribution is -2.49. The summed E-state index contributed by atoms with van der Waals surface area (Å²) in [4.78, 5) is 39.7. The number of rotatable bonds is 5. The minimum Gasteiger partial charge on any atom is -0.366 e. The fraction of sp³-hybridized carbons (Fsp3) is 0.304. The molecule has 0 N–H and O–H groups in total. The first-order valence-corrected chi connectivity index (χ1v) is 10.2. The number of hydrogen-bond donors (Lipinski definition) is 0. The Morgan fingerprint density at radius 1 is 1.06 bits per heavy atom. The third kappa shape index (κ3) is 4.33. The summed E-state index contributed by atoms with van der Waals surface area (Å²) in [5.41, 5.74) is 1.36. The van der Waals surface area contributed by atoms with Gasteiger partial charge in [0.2, 0.25) is 11.3 Å². The largest absolute Gasteiger partial charge is 0.366 e. The maximum Gasteiger partial charge on any atom is 0.224 e. The van der Waals surface area contributed by atoms with E-state index in [0.717, 1.165) is 0 Å². The van der Waals surface area contributed by atoms with Gasteiger partial charge in [-0.05, 0) is 37.3 Å². The number of benzene rings is 2. The number of piperazine rings is 1. The van der Waals surface area contributed by atoms with Crippen molar-refractivity contribution in [3.63, 3.8) is 0 Å². The van der Waals surface area contributed by atoms with Crippen molar-refractivity contribution in [3.8, 4) is 0 Å². The zero-order valence-electron chi connectivity index (χ0n) is 17.3. The van der Waals surface area contributed by atoms with Gasteiger partial charge >= 0.3 is 0 Å². The highest BCUT2D eigenvalue weighted by Crippen LogP contribution is 2.22. The smallest absolute Gasteiger partial charge is 0.224 e. The number of fused-ring (bicyclic) bond motifs is 1. The Hall–Kier alpha value is -3.55. The van der Waals surface area contributed by atoms with Crippen LogP contribution in [-0.2, 0) is 11.3 Å². The van der Waals surface area contributed by atoms with Crippen molar-refractivity contribution < 1.29 is 14.0 Å². The zero-order chi connectivity index (χ0) is 22.0. The number of halogens is 1. The maximum atomic E-state index is 14.4. The van der Waals surface area contributed by atoms with Crippen LogP contribution in [0, 0.1) is 5.82 Å². The molecule has 7 nitrogen and oxygen atoms in total. The summed E-state index contributed by atoms with van der Waals surface area (Å²) < 4.78 is 16.1. The summed E-state index contributed by atoms with van der Waals surface area (Å²) in [5.74, 6) is -0.605. The third-order valence-corrected chi connectivity index (χ3v) is 5.63. The number of hydrogen-bond acceptors (Lipinski definition) is 5. The highest BCUT2D eigenvalue weighted by molar-refractivity contribution is 5.94. The lowest BCUT2D eigenvalue weighted by atomic mass is 10.1. The number of aromatic nitrogens is 2. The molecule has 1 fully saturated rings. The summed E-state index contributed by atoms with van der Waals surface area (Å²) in [6, 6.07) is 11.7. The van der Waals surface area contributed by atoms with E-state index in [4.69, 9.17) is 0 Å². The fourth-order valence-electron chi connectivity index (χ4n) is 3.88. The van der Waals surface area contributed by atoms with Crippen molar-refractivity contribution in [2.24, 2.45) is 0 Å². The van der Waals surface area contributed by atoms with Gasteiger partial charge in [0, 0.05) is 43.5 Å². The average molecular weight is 422 g/mol. The van der Waals surface area contributed by atoms with E-state index in [-0.39, 0.29) is 23.5 Å². The highest BCUT2D eigenvalue weighted by atomic mass is 19.1. The first kappa shape index (κ1) is 20.7. The first-order valence-electron chi connectivity index (χ1n) is 10.2. The van der Waals surface area contributed by atoms with E-state index in [2.05, 4.69) is 5.10 Å². The highest BCUT2D eigenvalue weighted by Gasteiger charge is 2.23. The molecule has 160 valence electrons. The van der Waals surface area contributed by atoms with Gasteiger partial charge in [0.15, 0.2) is 5.78 Å². The van der Waals surface area contributed by atoms with E-state index >= 15 is 0 Å². The second kappa shape index (κ2) is 8.67. The molecule has 0 atom stereocenters. The molecule has 0 spiro atoms. The van der Waals surface area contributed by atoms with Gasteiger partial charge in [-0.2, -0.15) is 5.10 Å². The molecule has 1 aliphatic heterocycles. The van der Waals surface area contributed by atoms with Crippen LogP contribution >= 0.6 is 0 Å². The number of anilines is 1. The molecule has 0 radical (unpaired) electrons. The molecule has 0 saturated carbocycles. The monoisotopic (exact) mass is 422 g/mol. The molecule has 8 heteroatoms. The van der Waals surface area contributed by atoms with Crippen molar-refractivity contribution >= 4 is 28.3 Å². The first-order chi connectivity index (χ1) is 14.9. The van der Waals surface area contributed by atoms with Crippen molar-refractivity contribution in [3.05, 3.63) is 70.3 Å². The Bertz CT molecular complexity index is 1200. The Morgan fingerprint density at radius 3 is 2.52 bits per heavy atom. The van der Waals surface area contributed by atoms with Crippen LogP contribution in [0.5, 0.6) is 0 Å². The SMILES string of the molecule is CC(=O)c1ccc(N2CCN(C(=O)CCn3ncc(=O)c4ccccc43)CC2)c(F)c1. The van der Waals surface area contributed by atoms with Crippen molar-refractivity contribution in [1.82, 2.24) is 14.7 Å². The number of amides is 1. The maximum absolute atomic E-state index is 14.4. The molecule has 0 unspecified atom stereocenters. The number of Topliss-reactive ketones (excluding diaryl/α,β-unsaturated/α-hetero) is 1. The van der Waals surface area contributed by atoms with Gasteiger partial charge < -0.3 is 9.80 Å². The van der Waals surface area contributed by atoms with E-state index < -0.39 is 5.82 Å². The van der Waals surface area contributed by atoms with E-state index in [9.17, 15) is 18.8 Å². The predicted octanol–water partition coefficient (Wildman–Crippen LogP) is 2.48. The molecule has 3 aromatic rings. The number of aryl methyl sites for hydroxylation is 1. The van der Waals surface area contributed by atoms with E-state index in [1.54, 1.807) is 33.8 Å². The van der Waals surface area contributed by atoms with Crippen LogP contribution in [0.4, 0.5) is 10.1 Å². The van der Waals surface area contributed by atoms with Gasteiger partial charge in [-0.15, -0.1) is 0 Å². The molecule has 1 saturated heterocycles. The Balaban J connectivity index is 1.37. The number of ketones is 1. The summed E-state index contributed by atoms with van der Waals surface area (Å²) in [7, 11) is 0. The number of carbonyl (C=O) groups is 2. The number of para-hydroxylation sites is 1. The predicted molar refractivity (Wildman–Crippen MR) is 116 cm³/mol. The number of carbonyl (C=O) groups excluding carboxylic acids is 2. The molecule has 1 aromatic heterocycles. The summed E-state index contributed by atoms with van der Waals surface area (Å²) in [6.45, 7) is 3.80. The van der Waals surface area contributed by atoms with Gasteiger partial charge in [-0.1, -0.05) is 12.1 Å². The molecule has 2 aromatic carbocycles. The fourth-order valence-corrected chi connectivity index (χ4v) is 3.88. The van der Waals surface area contributed by atoms with Gasteiger partial charge in [-0.3, -0.25) is 19.1 Å². The molecule has 2 heterocycles. The van der Waals surface area contributed by atoms with E-state index in [1.807, 2.05) is 17.0 Å². The number of nitrogens with zero attached hydrogens (tertiary/aromatic N) is 4. The van der Waals surface area contributed by atoms with Crippen molar-refractivity contribution in [2.45, 2.75) is 19.9 Å². The van der Waals surface area contributed by atoms with Crippen molar-refractivity contribution in [2.75, 3.05) is 31.1 Å². The third-order valence-electron chi connectivity index (χ3n) is 5.63. The van der Waals surface area contributed by atoms with Gasteiger partial charge in [0.05, 0.1) is 23.9 Å². The van der Waals surface area contributed by atoms with E-state index in [1.165, 1.54) is 19.2 Å². The van der Waals surface area contributed by atoms with Crippen LogP contribution < -0.4 is 10.3 Å². The molecule has 0 bridgehead atoms. The summed E-state index contributed by atoms with van der Waals surface area (Å²) in [6.07, 6.45) is 1.54. The minimum absolute atomic E-state index is 0.00312. The average Bonchev–Trinajstić information content (AvgIpc) is 2.78. The second-order valence-electron chi connectivity index (χ2n) is 7.59. The quantitative estimate of drug-likeness (QED) is 0.591. The van der Waals surface area contributed by atoms with Gasteiger partial charge in [-0.25, -0.2) is 4.39 Å². The summed E-state index contributed by atoms with van der Waals surface area (Å²) >= 11 is 0. The molecular formula is C23H23FN4O3. The van der Waals surface area contributed by atoms with Crippen LogP contribution in [0.3, 0.4) is 0 Å². The van der Waals surface area contributed by atoms with Gasteiger partial charge in [0.25, 0.3) is 0 Å². The van der Waals surface area contributed by atoms with Crippen LogP contribution in [0.15, 0.2) is 53.5 Å². The molecule has 1 aliphatic rings. The van der Waals surface area contributed by atoms with Crippen LogP contribution in [0.25, 0.3) is 10.9 Å². The summed E-state index contributed by atoms with van der Waals surface area (Å²) in [5, 5.41) is 4.74. The van der Waals surface area contributed by atoms with Crippen LogP contribution in [-0.4, -0.2) is 52.5 Å². The Kier molecular flexibility index (Phi) is 5.79. The van der Waals surface area contributed by atoms with Crippen molar-refractivity contribution in [1.29, 1.82) is 0 Å². The Morgan fingerprint density at radius 2 is 1.81 bits per heavy atom. The lowest BCUT2D eigenvalue weighted by Gasteiger charge is -2.36. The molecule has 4 rings (SSSR count). The zero-order valence-corrected chi connectivity index (χ0v) is 17.3. The molecule has 31 heavy (non-hydrogen) atoms. The second-order valence-corrected chi connectivity index (χ2v) is 7.59. The molecule has 0 aliphatic carbocycles. The minimum atomic E-state index is -0.427.